The number of anilines is 1. The van der Waals surface area contributed by atoms with Crippen molar-refractivity contribution in [2.45, 2.75) is 13.8 Å². The lowest BCUT2D eigenvalue weighted by Gasteiger charge is -2.34. The van der Waals surface area contributed by atoms with Crippen LogP contribution in [0.3, 0.4) is 0 Å². The lowest BCUT2D eigenvalue weighted by Crippen LogP contribution is -2.49. The molecule has 1 saturated heterocycles. The molecule has 0 unspecified atom stereocenters. The van der Waals surface area contributed by atoms with Gasteiger partial charge in [0.15, 0.2) is 0 Å². The fraction of sp³-hybridized carbons (Fsp3) is 0.409. The van der Waals surface area contributed by atoms with Crippen molar-refractivity contribution in [1.82, 2.24) is 9.80 Å². The van der Waals surface area contributed by atoms with Crippen molar-refractivity contribution in [3.63, 3.8) is 0 Å². The molecule has 1 fully saturated rings. The van der Waals surface area contributed by atoms with Gasteiger partial charge < -0.3 is 10.1 Å². The maximum absolute atomic E-state index is 12.4. The van der Waals surface area contributed by atoms with Gasteiger partial charge in [-0.25, -0.2) is 0 Å². The number of rotatable bonds is 7. The minimum atomic E-state index is 0.0490. The zero-order chi connectivity index (χ0) is 19.9. The minimum absolute atomic E-state index is 0.0490. The summed E-state index contributed by atoms with van der Waals surface area (Å²) < 4.78 is 5.77. The Morgan fingerprint density at radius 2 is 1.64 bits per heavy atom. The molecule has 1 amide bonds. The van der Waals surface area contributed by atoms with E-state index in [1.807, 2.05) is 56.3 Å². The Bertz CT molecular complexity index is 784. The molecular formula is C22H28ClN3O2. The number of para-hydroxylation sites is 2. The second-order valence-corrected chi connectivity index (χ2v) is 7.62. The minimum Gasteiger partial charge on any atom is -0.491 e. The van der Waals surface area contributed by atoms with Crippen LogP contribution in [0.2, 0.25) is 5.02 Å². The first-order valence-corrected chi connectivity index (χ1v) is 10.1. The summed E-state index contributed by atoms with van der Waals surface area (Å²) in [7, 11) is 0. The van der Waals surface area contributed by atoms with Crippen LogP contribution < -0.4 is 10.1 Å². The predicted molar refractivity (Wildman–Crippen MR) is 114 cm³/mol. The number of hydrogen-bond donors (Lipinski definition) is 1. The van der Waals surface area contributed by atoms with E-state index in [9.17, 15) is 4.79 Å². The number of benzene rings is 2. The average molecular weight is 402 g/mol. The summed E-state index contributed by atoms with van der Waals surface area (Å²) in [4.78, 5) is 17.0. The molecule has 1 N–H and O–H groups in total. The van der Waals surface area contributed by atoms with Crippen molar-refractivity contribution < 1.29 is 9.53 Å². The number of amides is 1. The Balaban J connectivity index is 1.38. The van der Waals surface area contributed by atoms with Gasteiger partial charge in [0, 0.05) is 38.4 Å². The van der Waals surface area contributed by atoms with Crippen LogP contribution >= 0.6 is 11.6 Å². The first-order chi connectivity index (χ1) is 13.5. The van der Waals surface area contributed by atoms with E-state index < -0.39 is 0 Å². The van der Waals surface area contributed by atoms with E-state index >= 15 is 0 Å². The lowest BCUT2D eigenvalue weighted by molar-refractivity contribution is -0.117. The number of hydrogen-bond acceptors (Lipinski definition) is 4. The van der Waals surface area contributed by atoms with Crippen molar-refractivity contribution >= 4 is 23.2 Å². The number of carbonyl (C=O) groups is 1. The molecule has 1 heterocycles. The highest BCUT2D eigenvalue weighted by Gasteiger charge is 2.19. The van der Waals surface area contributed by atoms with E-state index in [1.54, 1.807) is 0 Å². The summed E-state index contributed by atoms with van der Waals surface area (Å²) in [6.45, 7) is 9.56. The molecule has 0 saturated carbocycles. The average Bonchev–Trinajstić information content (AvgIpc) is 2.68. The summed E-state index contributed by atoms with van der Waals surface area (Å²) in [5, 5.41) is 3.71. The van der Waals surface area contributed by atoms with Crippen molar-refractivity contribution in [3.8, 4) is 5.75 Å². The number of nitrogens with one attached hydrogen (secondary N) is 1. The topological polar surface area (TPSA) is 44.8 Å². The van der Waals surface area contributed by atoms with Gasteiger partial charge in [-0.05, 0) is 37.1 Å². The van der Waals surface area contributed by atoms with E-state index in [4.69, 9.17) is 16.3 Å². The van der Waals surface area contributed by atoms with Crippen LogP contribution in [0.15, 0.2) is 42.5 Å². The molecule has 2 aromatic carbocycles. The molecule has 1 aliphatic rings. The zero-order valence-corrected chi connectivity index (χ0v) is 17.3. The van der Waals surface area contributed by atoms with Gasteiger partial charge in [0.25, 0.3) is 0 Å². The second kappa shape index (κ2) is 9.92. The van der Waals surface area contributed by atoms with E-state index in [2.05, 4.69) is 15.1 Å². The Hall–Kier alpha value is -2.08. The maximum atomic E-state index is 12.4. The van der Waals surface area contributed by atoms with E-state index in [0.717, 1.165) is 55.3 Å². The number of nitrogens with zero attached hydrogens (tertiary/aromatic N) is 2. The summed E-state index contributed by atoms with van der Waals surface area (Å²) in [6.07, 6.45) is 0. The number of aryl methyl sites for hydroxylation is 2. The smallest absolute Gasteiger partial charge is 0.238 e. The molecule has 5 nitrogen and oxygen atoms in total. The van der Waals surface area contributed by atoms with Crippen molar-refractivity contribution in [2.24, 2.45) is 0 Å². The van der Waals surface area contributed by atoms with Crippen LogP contribution in [0, 0.1) is 13.8 Å². The van der Waals surface area contributed by atoms with E-state index in [-0.39, 0.29) is 5.91 Å². The monoisotopic (exact) mass is 401 g/mol. The molecule has 0 radical (unpaired) electrons. The molecule has 0 spiro atoms. The summed E-state index contributed by atoms with van der Waals surface area (Å²) in [5.41, 5.74) is 3.12. The summed E-state index contributed by atoms with van der Waals surface area (Å²) in [5.74, 6) is 0.777. The van der Waals surface area contributed by atoms with Crippen LogP contribution in [0.4, 0.5) is 5.69 Å². The van der Waals surface area contributed by atoms with Crippen LogP contribution in [0.5, 0.6) is 5.75 Å². The normalized spacial score (nSPS) is 15.4. The van der Waals surface area contributed by atoms with Crippen molar-refractivity contribution in [3.05, 3.63) is 58.6 Å². The van der Waals surface area contributed by atoms with Gasteiger partial charge in [0.05, 0.1) is 11.6 Å². The highest BCUT2D eigenvalue weighted by Crippen LogP contribution is 2.23. The first-order valence-electron chi connectivity index (χ1n) is 9.71. The molecule has 0 aliphatic carbocycles. The molecule has 150 valence electrons. The van der Waals surface area contributed by atoms with Gasteiger partial charge in [0.1, 0.15) is 12.4 Å². The number of piperazine rings is 1. The maximum Gasteiger partial charge on any atom is 0.238 e. The van der Waals surface area contributed by atoms with Crippen molar-refractivity contribution in [1.29, 1.82) is 0 Å². The van der Waals surface area contributed by atoms with Crippen LogP contribution in [-0.4, -0.2) is 61.6 Å². The highest BCUT2D eigenvalue weighted by atomic mass is 35.5. The van der Waals surface area contributed by atoms with Crippen LogP contribution in [0.1, 0.15) is 11.1 Å². The Morgan fingerprint density at radius 1 is 1.00 bits per heavy atom. The molecule has 0 bridgehead atoms. The van der Waals surface area contributed by atoms with Crippen LogP contribution in [-0.2, 0) is 4.79 Å². The molecule has 3 rings (SSSR count). The van der Waals surface area contributed by atoms with E-state index in [1.165, 1.54) is 0 Å². The van der Waals surface area contributed by atoms with Gasteiger partial charge in [-0.2, -0.15) is 0 Å². The quantitative estimate of drug-likeness (QED) is 0.770. The van der Waals surface area contributed by atoms with Gasteiger partial charge in [-0.15, -0.1) is 0 Å². The Kier molecular flexibility index (Phi) is 7.31. The molecule has 1 aliphatic heterocycles. The van der Waals surface area contributed by atoms with Crippen LogP contribution in [0.25, 0.3) is 0 Å². The van der Waals surface area contributed by atoms with Gasteiger partial charge in [-0.1, -0.05) is 41.9 Å². The standard InChI is InChI=1S/C22H28ClN3O2/c1-17-6-5-7-18(2)22(17)24-21(27)16-26-12-10-25(11-13-26)14-15-28-20-9-4-3-8-19(20)23/h3-9H,10-16H2,1-2H3,(H,24,27). The molecule has 6 heteroatoms. The third-order valence-corrected chi connectivity index (χ3v) is 5.39. The predicted octanol–water partition coefficient (Wildman–Crippen LogP) is 3.59. The van der Waals surface area contributed by atoms with Gasteiger partial charge in [-0.3, -0.25) is 14.6 Å². The summed E-state index contributed by atoms with van der Waals surface area (Å²) in [6, 6.07) is 13.6. The lowest BCUT2D eigenvalue weighted by atomic mass is 10.1. The molecular weight excluding hydrogens is 374 g/mol. The second-order valence-electron chi connectivity index (χ2n) is 7.21. The zero-order valence-electron chi connectivity index (χ0n) is 16.6. The third-order valence-electron chi connectivity index (χ3n) is 5.08. The molecule has 2 aromatic rings. The fourth-order valence-corrected chi connectivity index (χ4v) is 3.60. The highest BCUT2D eigenvalue weighted by molar-refractivity contribution is 6.32. The van der Waals surface area contributed by atoms with Crippen molar-refractivity contribution in [2.75, 3.05) is 51.2 Å². The fourth-order valence-electron chi connectivity index (χ4n) is 3.41. The molecule has 0 atom stereocenters. The van der Waals surface area contributed by atoms with E-state index in [0.29, 0.717) is 18.2 Å². The third kappa shape index (κ3) is 5.71. The SMILES string of the molecule is Cc1cccc(C)c1NC(=O)CN1CCN(CCOc2ccccc2Cl)CC1. The number of carbonyl (C=O) groups excluding carboxylic acids is 1. The van der Waals surface area contributed by atoms with Gasteiger partial charge >= 0.3 is 0 Å². The molecule has 0 aromatic heterocycles. The Labute approximate surface area is 172 Å². The number of halogens is 1. The Morgan fingerprint density at radius 3 is 2.32 bits per heavy atom. The first kappa shape index (κ1) is 20.6. The summed E-state index contributed by atoms with van der Waals surface area (Å²) >= 11 is 6.11. The molecule has 28 heavy (non-hydrogen) atoms. The largest absolute Gasteiger partial charge is 0.491 e. The number of ether oxygens (including phenoxy) is 1. The van der Waals surface area contributed by atoms with Gasteiger partial charge in [0.2, 0.25) is 5.91 Å².